The average molecular weight is 271 g/mol. The standard InChI is InChI=1S/C17H25N3/c1-3-13-8-10-14(11-9-13)12-18-17-19-15-6-4-5-7-16(15)20(17)2/h4-7,13-14H,3,8-12H2,1-2H3,(H,18,19). The van der Waals surface area contributed by atoms with Crippen LogP contribution in [0.2, 0.25) is 0 Å². The van der Waals surface area contributed by atoms with Gasteiger partial charge in [0.25, 0.3) is 0 Å². The van der Waals surface area contributed by atoms with E-state index in [2.05, 4.69) is 47.0 Å². The molecule has 3 rings (SSSR count). The first-order chi connectivity index (χ1) is 9.78. The second-order valence-electron chi connectivity index (χ2n) is 6.16. The molecule has 1 N–H and O–H groups in total. The van der Waals surface area contributed by atoms with Crippen molar-refractivity contribution in [3.8, 4) is 0 Å². The SMILES string of the molecule is CCC1CCC(CNc2nc3ccccc3n2C)CC1. The minimum atomic E-state index is 0.817. The first-order valence-corrected chi connectivity index (χ1v) is 7.93. The summed E-state index contributed by atoms with van der Waals surface area (Å²) in [4.78, 5) is 4.68. The quantitative estimate of drug-likeness (QED) is 0.903. The zero-order chi connectivity index (χ0) is 13.9. The number of benzene rings is 1. The molecule has 1 saturated carbocycles. The van der Waals surface area contributed by atoms with E-state index in [9.17, 15) is 0 Å². The Bertz CT molecular complexity index is 565. The number of para-hydroxylation sites is 2. The third-order valence-corrected chi connectivity index (χ3v) is 4.88. The van der Waals surface area contributed by atoms with Gasteiger partial charge < -0.3 is 9.88 Å². The summed E-state index contributed by atoms with van der Waals surface area (Å²) in [7, 11) is 2.09. The Labute approximate surface area is 121 Å². The molecule has 1 aliphatic rings. The predicted octanol–water partition coefficient (Wildman–Crippen LogP) is 4.20. The maximum Gasteiger partial charge on any atom is 0.203 e. The maximum absolute atomic E-state index is 4.68. The summed E-state index contributed by atoms with van der Waals surface area (Å²) < 4.78 is 2.16. The van der Waals surface area contributed by atoms with Crippen molar-refractivity contribution in [2.45, 2.75) is 39.0 Å². The van der Waals surface area contributed by atoms with Crippen molar-refractivity contribution >= 4 is 17.0 Å². The Hall–Kier alpha value is -1.51. The third-order valence-electron chi connectivity index (χ3n) is 4.88. The van der Waals surface area contributed by atoms with Crippen LogP contribution in [0.5, 0.6) is 0 Å². The van der Waals surface area contributed by atoms with E-state index < -0.39 is 0 Å². The van der Waals surface area contributed by atoms with Gasteiger partial charge in [0.15, 0.2) is 0 Å². The van der Waals surface area contributed by atoms with Gasteiger partial charge in [0.1, 0.15) is 0 Å². The lowest BCUT2D eigenvalue weighted by molar-refractivity contribution is 0.278. The molecule has 0 aliphatic heterocycles. The second kappa shape index (κ2) is 5.86. The van der Waals surface area contributed by atoms with Crippen molar-refractivity contribution in [2.75, 3.05) is 11.9 Å². The number of aromatic nitrogens is 2. The fourth-order valence-electron chi connectivity index (χ4n) is 3.38. The molecule has 0 amide bonds. The highest BCUT2D eigenvalue weighted by molar-refractivity contribution is 5.78. The molecule has 1 aromatic heterocycles. The molecular weight excluding hydrogens is 246 g/mol. The molecule has 0 saturated heterocycles. The van der Waals surface area contributed by atoms with Crippen LogP contribution in [0.1, 0.15) is 39.0 Å². The molecule has 3 nitrogen and oxygen atoms in total. The predicted molar refractivity (Wildman–Crippen MR) is 84.9 cm³/mol. The van der Waals surface area contributed by atoms with Crippen LogP contribution in [-0.4, -0.2) is 16.1 Å². The van der Waals surface area contributed by atoms with E-state index in [4.69, 9.17) is 0 Å². The van der Waals surface area contributed by atoms with Crippen LogP contribution in [0.3, 0.4) is 0 Å². The van der Waals surface area contributed by atoms with Crippen LogP contribution in [-0.2, 0) is 7.05 Å². The summed E-state index contributed by atoms with van der Waals surface area (Å²) >= 11 is 0. The lowest BCUT2D eigenvalue weighted by Gasteiger charge is -2.27. The molecule has 1 aromatic carbocycles. The Morgan fingerprint density at radius 1 is 1.15 bits per heavy atom. The number of fused-ring (bicyclic) bond motifs is 1. The third kappa shape index (κ3) is 2.67. The van der Waals surface area contributed by atoms with E-state index in [0.717, 1.165) is 29.8 Å². The van der Waals surface area contributed by atoms with Gasteiger partial charge in [-0.2, -0.15) is 0 Å². The Kier molecular flexibility index (Phi) is 3.95. The topological polar surface area (TPSA) is 29.9 Å². The van der Waals surface area contributed by atoms with Gasteiger partial charge in [-0.15, -0.1) is 0 Å². The van der Waals surface area contributed by atoms with E-state index in [1.165, 1.54) is 37.6 Å². The van der Waals surface area contributed by atoms with Gasteiger partial charge in [-0.1, -0.05) is 38.3 Å². The summed E-state index contributed by atoms with van der Waals surface area (Å²) in [6.45, 7) is 3.39. The summed E-state index contributed by atoms with van der Waals surface area (Å²) in [5.41, 5.74) is 2.27. The number of nitrogens with one attached hydrogen (secondary N) is 1. The van der Waals surface area contributed by atoms with Crippen LogP contribution < -0.4 is 5.32 Å². The fourth-order valence-corrected chi connectivity index (χ4v) is 3.38. The van der Waals surface area contributed by atoms with Gasteiger partial charge in [-0.3, -0.25) is 0 Å². The number of hydrogen-bond donors (Lipinski definition) is 1. The average Bonchev–Trinajstić information content (AvgIpc) is 2.83. The number of nitrogens with zero attached hydrogens (tertiary/aromatic N) is 2. The zero-order valence-electron chi connectivity index (χ0n) is 12.6. The van der Waals surface area contributed by atoms with Crippen molar-refractivity contribution in [3.63, 3.8) is 0 Å². The molecule has 3 heteroatoms. The second-order valence-corrected chi connectivity index (χ2v) is 6.16. The summed E-state index contributed by atoms with van der Waals surface area (Å²) in [5, 5.41) is 3.56. The molecule has 20 heavy (non-hydrogen) atoms. The van der Waals surface area contributed by atoms with Crippen LogP contribution in [0.4, 0.5) is 5.95 Å². The van der Waals surface area contributed by atoms with E-state index in [-0.39, 0.29) is 0 Å². The summed E-state index contributed by atoms with van der Waals surface area (Å²) in [6, 6.07) is 8.32. The smallest absolute Gasteiger partial charge is 0.203 e. The highest BCUT2D eigenvalue weighted by Gasteiger charge is 2.20. The monoisotopic (exact) mass is 271 g/mol. The van der Waals surface area contributed by atoms with E-state index in [1.54, 1.807) is 0 Å². The number of anilines is 1. The molecule has 1 aliphatic carbocycles. The van der Waals surface area contributed by atoms with Gasteiger partial charge in [0.05, 0.1) is 11.0 Å². The fraction of sp³-hybridized carbons (Fsp3) is 0.588. The van der Waals surface area contributed by atoms with Crippen LogP contribution in [0.15, 0.2) is 24.3 Å². The number of rotatable bonds is 4. The zero-order valence-corrected chi connectivity index (χ0v) is 12.6. The lowest BCUT2D eigenvalue weighted by Crippen LogP contribution is -2.22. The van der Waals surface area contributed by atoms with Gasteiger partial charge in [-0.25, -0.2) is 4.98 Å². The van der Waals surface area contributed by atoms with Crippen LogP contribution in [0, 0.1) is 11.8 Å². The Morgan fingerprint density at radius 3 is 2.55 bits per heavy atom. The van der Waals surface area contributed by atoms with Gasteiger partial charge >= 0.3 is 0 Å². The van der Waals surface area contributed by atoms with Crippen molar-refractivity contribution in [3.05, 3.63) is 24.3 Å². The summed E-state index contributed by atoms with van der Waals surface area (Å²) in [5.74, 6) is 2.79. The Balaban J connectivity index is 1.61. The molecule has 0 radical (unpaired) electrons. The van der Waals surface area contributed by atoms with Crippen molar-refractivity contribution < 1.29 is 0 Å². The first kappa shape index (κ1) is 13.5. The van der Waals surface area contributed by atoms with E-state index in [1.807, 2.05) is 6.07 Å². The van der Waals surface area contributed by atoms with E-state index in [0.29, 0.717) is 0 Å². The maximum atomic E-state index is 4.68. The Morgan fingerprint density at radius 2 is 1.85 bits per heavy atom. The molecule has 0 unspecified atom stereocenters. The number of hydrogen-bond acceptors (Lipinski definition) is 2. The van der Waals surface area contributed by atoms with Crippen molar-refractivity contribution in [2.24, 2.45) is 18.9 Å². The van der Waals surface area contributed by atoms with Gasteiger partial charge in [0, 0.05) is 13.6 Å². The summed E-state index contributed by atoms with van der Waals surface area (Å²) in [6.07, 6.45) is 6.91. The minimum Gasteiger partial charge on any atom is -0.355 e. The minimum absolute atomic E-state index is 0.817. The highest BCUT2D eigenvalue weighted by atomic mass is 15.2. The van der Waals surface area contributed by atoms with Crippen molar-refractivity contribution in [1.29, 1.82) is 0 Å². The number of aryl methyl sites for hydroxylation is 1. The molecule has 0 spiro atoms. The van der Waals surface area contributed by atoms with Crippen LogP contribution in [0.25, 0.3) is 11.0 Å². The molecule has 108 valence electrons. The van der Waals surface area contributed by atoms with Gasteiger partial charge in [0.2, 0.25) is 5.95 Å². The normalized spacial score (nSPS) is 23.1. The molecule has 2 aromatic rings. The molecule has 0 atom stereocenters. The first-order valence-electron chi connectivity index (χ1n) is 7.93. The molecule has 1 fully saturated rings. The van der Waals surface area contributed by atoms with Crippen LogP contribution >= 0.6 is 0 Å². The molecule has 0 bridgehead atoms. The largest absolute Gasteiger partial charge is 0.355 e. The lowest BCUT2D eigenvalue weighted by atomic mass is 9.81. The van der Waals surface area contributed by atoms with Crippen molar-refractivity contribution in [1.82, 2.24) is 9.55 Å². The number of imidazole rings is 1. The van der Waals surface area contributed by atoms with Gasteiger partial charge in [-0.05, 0) is 36.8 Å². The molecule has 1 heterocycles. The highest BCUT2D eigenvalue weighted by Crippen LogP contribution is 2.30. The van der Waals surface area contributed by atoms with E-state index >= 15 is 0 Å². The molecular formula is C17H25N3.